The Hall–Kier alpha value is -1.91. The standard InChI is InChI=1S/C11H14N2O3/c1-13(2)10-5-4-8(7-12-10)9(14)6-11(15)16-3/h4-5,7H,6H2,1-3H3. The number of ether oxygens (including phenoxy) is 1. The molecule has 1 aromatic rings. The van der Waals surface area contributed by atoms with E-state index in [1.165, 1.54) is 13.3 Å². The highest BCUT2D eigenvalue weighted by atomic mass is 16.5. The van der Waals surface area contributed by atoms with E-state index in [1.54, 1.807) is 12.1 Å². The maximum Gasteiger partial charge on any atom is 0.313 e. The van der Waals surface area contributed by atoms with Gasteiger partial charge in [-0.05, 0) is 12.1 Å². The first-order valence-corrected chi connectivity index (χ1v) is 4.78. The fourth-order valence-corrected chi connectivity index (χ4v) is 1.12. The smallest absolute Gasteiger partial charge is 0.313 e. The van der Waals surface area contributed by atoms with Gasteiger partial charge in [-0.1, -0.05) is 0 Å². The molecule has 0 N–H and O–H groups in total. The summed E-state index contributed by atoms with van der Waals surface area (Å²) in [6, 6.07) is 3.37. The molecule has 16 heavy (non-hydrogen) atoms. The average Bonchev–Trinajstić information content (AvgIpc) is 2.28. The highest BCUT2D eigenvalue weighted by Crippen LogP contribution is 2.09. The van der Waals surface area contributed by atoms with Crippen molar-refractivity contribution in [3.63, 3.8) is 0 Å². The molecule has 0 radical (unpaired) electrons. The van der Waals surface area contributed by atoms with Gasteiger partial charge in [0.25, 0.3) is 0 Å². The molecule has 1 heterocycles. The van der Waals surface area contributed by atoms with Crippen LogP contribution in [0.25, 0.3) is 0 Å². The minimum absolute atomic E-state index is 0.251. The van der Waals surface area contributed by atoms with Crippen LogP contribution in [0.3, 0.4) is 0 Å². The van der Waals surface area contributed by atoms with Crippen LogP contribution in [-0.4, -0.2) is 37.9 Å². The van der Waals surface area contributed by atoms with Crippen LogP contribution in [0.15, 0.2) is 18.3 Å². The van der Waals surface area contributed by atoms with Crippen LogP contribution in [0.2, 0.25) is 0 Å². The molecule has 0 saturated heterocycles. The lowest BCUT2D eigenvalue weighted by atomic mass is 10.1. The number of hydrogen-bond acceptors (Lipinski definition) is 5. The summed E-state index contributed by atoms with van der Waals surface area (Å²) in [5.41, 5.74) is 0.413. The molecule has 0 fully saturated rings. The minimum atomic E-state index is -0.540. The number of Topliss-reactive ketones (excluding diaryl/α,β-unsaturated/α-hetero) is 1. The number of carbonyl (C=O) groups is 2. The van der Waals surface area contributed by atoms with Gasteiger partial charge in [0.05, 0.1) is 7.11 Å². The van der Waals surface area contributed by atoms with Gasteiger partial charge >= 0.3 is 5.97 Å². The summed E-state index contributed by atoms with van der Waals surface area (Å²) in [5.74, 6) is -0.0686. The summed E-state index contributed by atoms with van der Waals surface area (Å²) < 4.78 is 4.42. The summed E-state index contributed by atoms with van der Waals surface area (Å²) in [5, 5.41) is 0. The lowest BCUT2D eigenvalue weighted by Gasteiger charge is -2.10. The van der Waals surface area contributed by atoms with Crippen molar-refractivity contribution in [3.8, 4) is 0 Å². The van der Waals surface area contributed by atoms with E-state index in [9.17, 15) is 9.59 Å². The molecule has 0 aliphatic carbocycles. The first-order valence-electron chi connectivity index (χ1n) is 4.78. The minimum Gasteiger partial charge on any atom is -0.469 e. The SMILES string of the molecule is COC(=O)CC(=O)c1ccc(N(C)C)nc1. The second-order valence-electron chi connectivity index (χ2n) is 3.48. The second-order valence-corrected chi connectivity index (χ2v) is 3.48. The highest BCUT2D eigenvalue weighted by Gasteiger charge is 2.12. The van der Waals surface area contributed by atoms with Crippen LogP contribution >= 0.6 is 0 Å². The van der Waals surface area contributed by atoms with Gasteiger partial charge in [0.1, 0.15) is 12.2 Å². The first-order chi connectivity index (χ1) is 7.54. The molecule has 0 saturated carbocycles. The molecule has 0 bridgehead atoms. The predicted molar refractivity (Wildman–Crippen MR) is 59.5 cm³/mol. The third-order valence-corrected chi connectivity index (χ3v) is 2.06. The number of ketones is 1. The molecule has 0 unspecified atom stereocenters. The fourth-order valence-electron chi connectivity index (χ4n) is 1.12. The van der Waals surface area contributed by atoms with Crippen LogP contribution in [0.1, 0.15) is 16.8 Å². The van der Waals surface area contributed by atoms with Crippen molar-refractivity contribution >= 4 is 17.6 Å². The third kappa shape index (κ3) is 3.05. The summed E-state index contributed by atoms with van der Waals surface area (Å²) in [7, 11) is 4.97. The Kier molecular flexibility index (Phi) is 3.99. The number of nitrogens with zero attached hydrogens (tertiary/aromatic N) is 2. The Labute approximate surface area is 94.0 Å². The molecule has 0 amide bonds. The molecule has 0 spiro atoms. The second kappa shape index (κ2) is 5.25. The van der Waals surface area contributed by atoms with Crippen molar-refractivity contribution in [2.75, 3.05) is 26.1 Å². The van der Waals surface area contributed by atoms with Crippen molar-refractivity contribution in [1.82, 2.24) is 4.98 Å². The largest absolute Gasteiger partial charge is 0.469 e. The Morgan fingerprint density at radius 2 is 2.06 bits per heavy atom. The van der Waals surface area contributed by atoms with Gasteiger partial charge in [0, 0.05) is 25.9 Å². The van der Waals surface area contributed by atoms with Crippen LogP contribution in [0, 0.1) is 0 Å². The van der Waals surface area contributed by atoms with E-state index < -0.39 is 5.97 Å². The van der Waals surface area contributed by atoms with E-state index in [0.717, 1.165) is 5.82 Å². The number of rotatable bonds is 4. The number of carbonyl (C=O) groups excluding carboxylic acids is 2. The number of hydrogen-bond donors (Lipinski definition) is 0. The number of methoxy groups -OCH3 is 1. The maximum absolute atomic E-state index is 11.5. The molecule has 86 valence electrons. The van der Waals surface area contributed by atoms with Crippen LogP contribution in [-0.2, 0) is 9.53 Å². The average molecular weight is 222 g/mol. The molecule has 0 atom stereocenters. The zero-order valence-corrected chi connectivity index (χ0v) is 9.56. The molecule has 5 nitrogen and oxygen atoms in total. The van der Waals surface area contributed by atoms with Gasteiger partial charge in [-0.15, -0.1) is 0 Å². The third-order valence-electron chi connectivity index (χ3n) is 2.06. The number of esters is 1. The molecule has 1 aromatic heterocycles. The van der Waals surface area contributed by atoms with Crippen molar-refractivity contribution < 1.29 is 14.3 Å². The van der Waals surface area contributed by atoms with E-state index in [4.69, 9.17) is 0 Å². The van der Waals surface area contributed by atoms with Gasteiger partial charge in [0.15, 0.2) is 5.78 Å². The summed E-state index contributed by atoms with van der Waals surface area (Å²) in [4.78, 5) is 28.4. The first kappa shape index (κ1) is 12.2. The zero-order valence-electron chi connectivity index (χ0n) is 9.56. The summed E-state index contributed by atoms with van der Waals surface area (Å²) in [6.45, 7) is 0. The quantitative estimate of drug-likeness (QED) is 0.430. The van der Waals surface area contributed by atoms with Gasteiger partial charge < -0.3 is 9.64 Å². The Balaban J connectivity index is 2.74. The van der Waals surface area contributed by atoms with Crippen molar-refractivity contribution in [3.05, 3.63) is 23.9 Å². The molecule has 0 aliphatic rings. The number of anilines is 1. The number of pyridine rings is 1. The molecular weight excluding hydrogens is 208 g/mol. The topological polar surface area (TPSA) is 59.5 Å². The Morgan fingerprint density at radius 1 is 1.38 bits per heavy atom. The normalized spacial score (nSPS) is 9.69. The van der Waals surface area contributed by atoms with Gasteiger partial charge in [-0.2, -0.15) is 0 Å². The van der Waals surface area contributed by atoms with Crippen LogP contribution in [0.5, 0.6) is 0 Å². The number of aromatic nitrogens is 1. The lowest BCUT2D eigenvalue weighted by Crippen LogP contribution is -2.12. The molecule has 1 rings (SSSR count). The van der Waals surface area contributed by atoms with Crippen LogP contribution in [0.4, 0.5) is 5.82 Å². The van der Waals surface area contributed by atoms with Gasteiger partial charge in [0.2, 0.25) is 0 Å². The molecule has 5 heteroatoms. The molecule has 0 aromatic carbocycles. The lowest BCUT2D eigenvalue weighted by molar-refractivity contribution is -0.139. The maximum atomic E-state index is 11.5. The van der Waals surface area contributed by atoms with E-state index in [1.807, 2.05) is 19.0 Å². The molecular formula is C11H14N2O3. The summed E-state index contributed by atoms with van der Waals surface area (Å²) in [6.07, 6.45) is 1.21. The zero-order chi connectivity index (χ0) is 12.1. The fraction of sp³-hybridized carbons (Fsp3) is 0.364. The van der Waals surface area contributed by atoms with Gasteiger partial charge in [-0.3, -0.25) is 9.59 Å². The Morgan fingerprint density at radius 3 is 2.50 bits per heavy atom. The predicted octanol–water partition coefficient (Wildman–Crippen LogP) is 0.893. The highest BCUT2D eigenvalue weighted by molar-refractivity contribution is 6.05. The van der Waals surface area contributed by atoms with E-state index in [-0.39, 0.29) is 12.2 Å². The van der Waals surface area contributed by atoms with E-state index in [0.29, 0.717) is 5.56 Å². The van der Waals surface area contributed by atoms with E-state index >= 15 is 0 Å². The Bertz CT molecular complexity index is 385. The van der Waals surface area contributed by atoms with E-state index in [2.05, 4.69) is 9.72 Å². The van der Waals surface area contributed by atoms with Gasteiger partial charge in [-0.25, -0.2) is 4.98 Å². The summed E-state index contributed by atoms with van der Waals surface area (Å²) >= 11 is 0. The van der Waals surface area contributed by atoms with Crippen molar-refractivity contribution in [1.29, 1.82) is 0 Å². The molecule has 0 aliphatic heterocycles. The monoisotopic (exact) mass is 222 g/mol. The van der Waals surface area contributed by atoms with Crippen LogP contribution < -0.4 is 4.90 Å². The van der Waals surface area contributed by atoms with Crippen molar-refractivity contribution in [2.45, 2.75) is 6.42 Å². The van der Waals surface area contributed by atoms with Crippen molar-refractivity contribution in [2.24, 2.45) is 0 Å².